The van der Waals surface area contributed by atoms with Crippen molar-refractivity contribution in [2.45, 2.75) is 18.2 Å². The summed E-state index contributed by atoms with van der Waals surface area (Å²) in [6, 6.07) is 14.4. The van der Waals surface area contributed by atoms with Crippen LogP contribution in [-0.4, -0.2) is 0 Å². The van der Waals surface area contributed by atoms with Crippen LogP contribution in [0.2, 0.25) is 5.02 Å². The average Bonchev–Trinajstić information content (AvgIpc) is 2.35. The molecule has 0 saturated carbocycles. The molecule has 0 nitrogen and oxygen atoms in total. The van der Waals surface area contributed by atoms with E-state index in [4.69, 9.17) is 11.6 Å². The lowest BCUT2D eigenvalue weighted by molar-refractivity contribution is 0.946. The van der Waals surface area contributed by atoms with Gasteiger partial charge in [0.15, 0.2) is 0 Å². The van der Waals surface area contributed by atoms with E-state index in [1.165, 1.54) is 16.7 Å². The van der Waals surface area contributed by atoms with E-state index in [0.717, 1.165) is 15.9 Å². The Morgan fingerprint density at radius 2 is 1.89 bits per heavy atom. The summed E-state index contributed by atoms with van der Waals surface area (Å²) in [5.74, 6) is 0. The second-order valence-electron chi connectivity index (χ2n) is 4.27. The van der Waals surface area contributed by atoms with Crippen LogP contribution in [-0.2, 0) is 6.42 Å². The SMILES string of the molecule is Cc1cc(C(Br)Cc2ccccc2Cl)ccc1Br. The highest BCUT2D eigenvalue weighted by Crippen LogP contribution is 2.31. The van der Waals surface area contributed by atoms with Crippen molar-refractivity contribution in [3.8, 4) is 0 Å². The van der Waals surface area contributed by atoms with Gasteiger partial charge >= 0.3 is 0 Å². The van der Waals surface area contributed by atoms with Gasteiger partial charge < -0.3 is 0 Å². The first kappa shape index (κ1) is 14.1. The van der Waals surface area contributed by atoms with Gasteiger partial charge in [0.05, 0.1) is 0 Å². The van der Waals surface area contributed by atoms with Crippen molar-refractivity contribution in [1.29, 1.82) is 0 Å². The summed E-state index contributed by atoms with van der Waals surface area (Å²) in [6.45, 7) is 2.10. The zero-order chi connectivity index (χ0) is 13.1. The highest BCUT2D eigenvalue weighted by atomic mass is 79.9. The monoisotopic (exact) mass is 386 g/mol. The molecule has 0 amide bonds. The third-order valence-corrected chi connectivity index (χ3v) is 5.01. The molecule has 94 valence electrons. The number of hydrogen-bond donors (Lipinski definition) is 0. The molecule has 1 unspecified atom stereocenters. The van der Waals surface area contributed by atoms with Gasteiger partial charge in [-0.1, -0.05) is 73.8 Å². The standard InChI is InChI=1S/C15H13Br2Cl/c1-10-8-11(6-7-13(10)16)14(17)9-12-4-2-3-5-15(12)18/h2-8,14H,9H2,1H3. The molecule has 0 heterocycles. The first-order valence-electron chi connectivity index (χ1n) is 5.71. The Labute approximate surface area is 130 Å². The summed E-state index contributed by atoms with van der Waals surface area (Å²) >= 11 is 13.4. The third kappa shape index (κ3) is 3.37. The lowest BCUT2D eigenvalue weighted by Crippen LogP contribution is -1.96. The molecule has 0 radical (unpaired) electrons. The Bertz CT molecular complexity index is 552. The van der Waals surface area contributed by atoms with Crippen LogP contribution in [0, 0.1) is 6.92 Å². The van der Waals surface area contributed by atoms with Gasteiger partial charge in [-0.2, -0.15) is 0 Å². The van der Waals surface area contributed by atoms with Crippen molar-refractivity contribution in [2.75, 3.05) is 0 Å². The highest BCUT2D eigenvalue weighted by molar-refractivity contribution is 9.10. The summed E-state index contributed by atoms with van der Waals surface area (Å²) in [5.41, 5.74) is 3.69. The van der Waals surface area contributed by atoms with Crippen LogP contribution in [0.3, 0.4) is 0 Å². The van der Waals surface area contributed by atoms with Gasteiger partial charge in [-0.3, -0.25) is 0 Å². The predicted octanol–water partition coefficient (Wildman–Crippen LogP) is 6.09. The average molecular weight is 389 g/mol. The first-order chi connectivity index (χ1) is 8.58. The van der Waals surface area contributed by atoms with Crippen LogP contribution in [0.25, 0.3) is 0 Å². The molecule has 2 aromatic carbocycles. The fourth-order valence-corrected chi connectivity index (χ4v) is 2.93. The summed E-state index contributed by atoms with van der Waals surface area (Å²) in [7, 11) is 0. The molecule has 0 fully saturated rings. The van der Waals surface area contributed by atoms with Gasteiger partial charge in [-0.25, -0.2) is 0 Å². The maximum Gasteiger partial charge on any atom is 0.0438 e. The zero-order valence-electron chi connectivity index (χ0n) is 9.96. The zero-order valence-corrected chi connectivity index (χ0v) is 13.9. The second-order valence-corrected chi connectivity index (χ2v) is 6.64. The Morgan fingerprint density at radius 1 is 1.17 bits per heavy atom. The summed E-state index contributed by atoms with van der Waals surface area (Å²) in [5, 5.41) is 0.829. The quantitative estimate of drug-likeness (QED) is 0.558. The second kappa shape index (κ2) is 6.23. The maximum absolute atomic E-state index is 6.18. The van der Waals surface area contributed by atoms with E-state index < -0.39 is 0 Å². The number of halogens is 3. The van der Waals surface area contributed by atoms with Crippen LogP contribution in [0.4, 0.5) is 0 Å². The van der Waals surface area contributed by atoms with E-state index >= 15 is 0 Å². The molecule has 2 aromatic rings. The third-order valence-electron chi connectivity index (χ3n) is 2.90. The lowest BCUT2D eigenvalue weighted by Gasteiger charge is -2.13. The number of hydrogen-bond acceptors (Lipinski definition) is 0. The lowest BCUT2D eigenvalue weighted by atomic mass is 10.0. The number of benzene rings is 2. The van der Waals surface area contributed by atoms with Gasteiger partial charge in [0.1, 0.15) is 0 Å². The maximum atomic E-state index is 6.18. The van der Waals surface area contributed by atoms with E-state index in [-0.39, 0.29) is 4.83 Å². The van der Waals surface area contributed by atoms with Gasteiger partial charge in [0, 0.05) is 14.3 Å². The topological polar surface area (TPSA) is 0 Å². The van der Waals surface area contributed by atoms with Crippen molar-refractivity contribution in [3.63, 3.8) is 0 Å². The van der Waals surface area contributed by atoms with E-state index in [0.29, 0.717) is 0 Å². The predicted molar refractivity (Wildman–Crippen MR) is 85.7 cm³/mol. The van der Waals surface area contributed by atoms with E-state index in [1.54, 1.807) is 0 Å². The summed E-state index contributed by atoms with van der Waals surface area (Å²) in [6.07, 6.45) is 0.890. The molecule has 0 N–H and O–H groups in total. The van der Waals surface area contributed by atoms with Crippen LogP contribution < -0.4 is 0 Å². The first-order valence-corrected chi connectivity index (χ1v) is 7.80. The molecule has 2 rings (SSSR count). The van der Waals surface area contributed by atoms with E-state index in [1.807, 2.05) is 18.2 Å². The van der Waals surface area contributed by atoms with Crippen LogP contribution in [0.5, 0.6) is 0 Å². The Hall–Kier alpha value is -0.310. The molecule has 0 aliphatic heterocycles. The van der Waals surface area contributed by atoms with Crippen molar-refractivity contribution < 1.29 is 0 Å². The fourth-order valence-electron chi connectivity index (χ4n) is 1.84. The van der Waals surface area contributed by atoms with Crippen LogP contribution in [0.15, 0.2) is 46.9 Å². The van der Waals surface area contributed by atoms with Crippen LogP contribution in [0.1, 0.15) is 21.5 Å². The largest absolute Gasteiger partial charge is 0.0840 e. The van der Waals surface area contributed by atoms with Gasteiger partial charge in [-0.15, -0.1) is 0 Å². The van der Waals surface area contributed by atoms with Gasteiger partial charge in [-0.05, 0) is 42.2 Å². The smallest absolute Gasteiger partial charge is 0.0438 e. The fraction of sp³-hybridized carbons (Fsp3) is 0.200. The molecule has 0 aliphatic rings. The number of rotatable bonds is 3. The summed E-state index contributed by atoms with van der Waals surface area (Å²) < 4.78 is 1.14. The van der Waals surface area contributed by atoms with Crippen molar-refractivity contribution in [3.05, 3.63) is 68.7 Å². The van der Waals surface area contributed by atoms with Crippen LogP contribution >= 0.6 is 43.5 Å². The van der Waals surface area contributed by atoms with Crippen molar-refractivity contribution >= 4 is 43.5 Å². The Morgan fingerprint density at radius 3 is 2.56 bits per heavy atom. The number of aryl methyl sites for hydroxylation is 1. The molecule has 0 saturated heterocycles. The highest BCUT2D eigenvalue weighted by Gasteiger charge is 2.11. The molecule has 0 aliphatic carbocycles. The van der Waals surface area contributed by atoms with Gasteiger partial charge in [0.25, 0.3) is 0 Å². The molecular weight excluding hydrogens is 375 g/mol. The molecule has 0 bridgehead atoms. The minimum absolute atomic E-state index is 0.282. The molecular formula is C15H13Br2Cl. The normalized spacial score (nSPS) is 12.4. The Balaban J connectivity index is 2.19. The molecule has 3 heteroatoms. The Kier molecular flexibility index (Phi) is 4.88. The molecule has 18 heavy (non-hydrogen) atoms. The van der Waals surface area contributed by atoms with E-state index in [9.17, 15) is 0 Å². The van der Waals surface area contributed by atoms with E-state index in [2.05, 4.69) is 63.0 Å². The van der Waals surface area contributed by atoms with Crippen molar-refractivity contribution in [1.82, 2.24) is 0 Å². The number of alkyl halides is 1. The minimum atomic E-state index is 0.282. The molecule has 0 aromatic heterocycles. The van der Waals surface area contributed by atoms with Gasteiger partial charge in [0.2, 0.25) is 0 Å². The summed E-state index contributed by atoms with van der Waals surface area (Å²) in [4.78, 5) is 0.282. The van der Waals surface area contributed by atoms with Crippen molar-refractivity contribution in [2.24, 2.45) is 0 Å². The molecule has 0 spiro atoms. The molecule has 1 atom stereocenters. The minimum Gasteiger partial charge on any atom is -0.0840 e.